The van der Waals surface area contributed by atoms with Gasteiger partial charge in [-0.3, -0.25) is 0 Å². The van der Waals surface area contributed by atoms with Crippen LogP contribution in [0.5, 0.6) is 0 Å². The number of carbonyl (C=O) groups is 2. The molecular weight excluding hydrogens is 238 g/mol. The number of nitrogens with zero attached hydrogens (tertiary/aromatic N) is 2. The van der Waals surface area contributed by atoms with Gasteiger partial charge >= 0.3 is 12.0 Å². The van der Waals surface area contributed by atoms with Crippen molar-refractivity contribution in [3.05, 3.63) is 0 Å². The molecule has 0 radical (unpaired) electrons. The summed E-state index contributed by atoms with van der Waals surface area (Å²) >= 11 is 0. The number of carboxylic acids is 1. The minimum atomic E-state index is -1.07. The summed E-state index contributed by atoms with van der Waals surface area (Å²) in [7, 11) is 3.47. The van der Waals surface area contributed by atoms with Crippen LogP contribution in [0.15, 0.2) is 0 Å². The van der Waals surface area contributed by atoms with Gasteiger partial charge in [-0.25, -0.2) is 9.59 Å². The second kappa shape index (κ2) is 6.55. The molecular formula is C11H21N3O4. The fourth-order valence-electron chi connectivity index (χ4n) is 2.07. The van der Waals surface area contributed by atoms with E-state index >= 15 is 0 Å². The van der Waals surface area contributed by atoms with E-state index in [1.54, 1.807) is 7.05 Å². The summed E-state index contributed by atoms with van der Waals surface area (Å²) in [4.78, 5) is 25.8. The first-order valence-corrected chi connectivity index (χ1v) is 6.04. The van der Waals surface area contributed by atoms with Gasteiger partial charge in [0.05, 0.1) is 6.10 Å². The molecule has 0 aromatic carbocycles. The third kappa shape index (κ3) is 3.58. The van der Waals surface area contributed by atoms with Crippen molar-refractivity contribution in [2.45, 2.75) is 25.0 Å². The molecule has 1 rings (SSSR count). The number of aliphatic carboxylic acids is 1. The average molecular weight is 259 g/mol. The highest BCUT2D eigenvalue weighted by Crippen LogP contribution is 2.19. The predicted molar refractivity (Wildman–Crippen MR) is 65.3 cm³/mol. The van der Waals surface area contributed by atoms with Gasteiger partial charge in [0.25, 0.3) is 0 Å². The third-order valence-corrected chi connectivity index (χ3v) is 3.06. The van der Waals surface area contributed by atoms with Gasteiger partial charge in [0, 0.05) is 26.6 Å². The lowest BCUT2D eigenvalue weighted by Gasteiger charge is -2.27. The number of nitrogens with one attached hydrogen (secondary N) is 1. The molecule has 0 aliphatic carbocycles. The van der Waals surface area contributed by atoms with Gasteiger partial charge in [-0.2, -0.15) is 0 Å². The number of aliphatic hydroxyl groups is 1. The number of rotatable bonds is 5. The Morgan fingerprint density at radius 3 is 2.72 bits per heavy atom. The predicted octanol–water partition coefficient (Wildman–Crippen LogP) is -0.832. The fraction of sp³-hybridized carbons (Fsp3) is 0.818. The summed E-state index contributed by atoms with van der Waals surface area (Å²) in [5, 5.41) is 21.5. The zero-order valence-corrected chi connectivity index (χ0v) is 10.8. The standard InChI is InChI=1S/C11H21N3O4/c1-12-4-3-5-13(2)11(18)14-7-8(15)6-9(14)10(16)17/h8-9,12,15H,3-7H2,1-2H3,(H,16,17)/t8-,9+/m1/s1. The molecule has 2 amide bonds. The van der Waals surface area contributed by atoms with Gasteiger partial charge in [-0.1, -0.05) is 0 Å². The summed E-state index contributed by atoms with van der Waals surface area (Å²) in [5.41, 5.74) is 0. The molecule has 3 N–H and O–H groups in total. The molecule has 1 aliphatic rings. The van der Waals surface area contributed by atoms with Gasteiger partial charge in [0.2, 0.25) is 0 Å². The topological polar surface area (TPSA) is 93.1 Å². The first-order valence-electron chi connectivity index (χ1n) is 6.04. The highest BCUT2D eigenvalue weighted by atomic mass is 16.4. The molecule has 1 fully saturated rings. The molecule has 104 valence electrons. The maximum Gasteiger partial charge on any atom is 0.326 e. The van der Waals surface area contributed by atoms with Crippen LogP contribution in [0.1, 0.15) is 12.8 Å². The minimum absolute atomic E-state index is 0.0895. The Hall–Kier alpha value is -1.34. The number of carbonyl (C=O) groups excluding carboxylic acids is 1. The molecule has 0 unspecified atom stereocenters. The summed E-state index contributed by atoms with van der Waals surface area (Å²) in [6.07, 6.45) is 0.152. The SMILES string of the molecule is CNCCCN(C)C(=O)N1C[C@H](O)C[C@H]1C(=O)O. The number of carboxylic acid groups (broad SMARTS) is 1. The highest BCUT2D eigenvalue weighted by Gasteiger charge is 2.39. The summed E-state index contributed by atoms with van der Waals surface area (Å²) in [6.45, 7) is 1.44. The zero-order chi connectivity index (χ0) is 13.7. The van der Waals surface area contributed by atoms with Gasteiger partial charge < -0.3 is 25.3 Å². The molecule has 0 spiro atoms. The largest absolute Gasteiger partial charge is 0.480 e. The first-order chi connectivity index (χ1) is 8.47. The van der Waals surface area contributed by atoms with Crippen LogP contribution < -0.4 is 5.32 Å². The van der Waals surface area contributed by atoms with Crippen molar-refractivity contribution in [3.8, 4) is 0 Å². The van der Waals surface area contributed by atoms with Crippen molar-refractivity contribution in [1.82, 2.24) is 15.1 Å². The van der Waals surface area contributed by atoms with Gasteiger partial charge in [0.1, 0.15) is 6.04 Å². The van der Waals surface area contributed by atoms with E-state index in [2.05, 4.69) is 5.32 Å². The lowest BCUT2D eigenvalue weighted by atomic mass is 10.2. The molecule has 0 saturated carbocycles. The number of aliphatic hydroxyl groups excluding tert-OH is 1. The molecule has 1 saturated heterocycles. The van der Waals surface area contributed by atoms with Crippen LogP contribution in [-0.4, -0.2) is 77.9 Å². The van der Waals surface area contributed by atoms with Crippen molar-refractivity contribution >= 4 is 12.0 Å². The van der Waals surface area contributed by atoms with Crippen LogP contribution in [0, 0.1) is 0 Å². The monoisotopic (exact) mass is 259 g/mol. The van der Waals surface area contributed by atoms with Crippen molar-refractivity contribution in [3.63, 3.8) is 0 Å². The lowest BCUT2D eigenvalue weighted by Crippen LogP contribution is -2.47. The molecule has 2 atom stereocenters. The van der Waals surface area contributed by atoms with Gasteiger partial charge in [-0.15, -0.1) is 0 Å². The molecule has 0 aromatic rings. The van der Waals surface area contributed by atoms with Crippen LogP contribution in [0.2, 0.25) is 0 Å². The normalized spacial score (nSPS) is 23.2. The Labute approximate surface area is 106 Å². The van der Waals surface area contributed by atoms with Gasteiger partial charge in [0.15, 0.2) is 0 Å². The molecule has 7 nitrogen and oxygen atoms in total. The van der Waals surface area contributed by atoms with Crippen molar-refractivity contribution in [1.29, 1.82) is 0 Å². The van der Waals surface area contributed by atoms with Crippen LogP contribution in [0.25, 0.3) is 0 Å². The first kappa shape index (κ1) is 14.7. The molecule has 18 heavy (non-hydrogen) atoms. The summed E-state index contributed by atoms with van der Waals surface area (Å²) in [5.74, 6) is -1.07. The van der Waals surface area contributed by atoms with E-state index in [0.29, 0.717) is 6.54 Å². The van der Waals surface area contributed by atoms with E-state index in [4.69, 9.17) is 5.11 Å². The van der Waals surface area contributed by atoms with Gasteiger partial charge in [-0.05, 0) is 20.0 Å². The highest BCUT2D eigenvalue weighted by molar-refractivity contribution is 5.83. The molecule has 1 aliphatic heterocycles. The zero-order valence-electron chi connectivity index (χ0n) is 10.8. The van der Waals surface area contributed by atoms with Crippen LogP contribution in [0.4, 0.5) is 4.79 Å². The number of likely N-dealkylation sites (tertiary alicyclic amines) is 1. The molecule has 1 heterocycles. The molecule has 0 bridgehead atoms. The Bertz CT molecular complexity index is 311. The van der Waals surface area contributed by atoms with E-state index < -0.39 is 18.1 Å². The maximum atomic E-state index is 12.1. The molecule has 7 heteroatoms. The molecule has 0 aromatic heterocycles. The Morgan fingerprint density at radius 2 is 2.17 bits per heavy atom. The second-order valence-corrected chi connectivity index (χ2v) is 4.56. The lowest BCUT2D eigenvalue weighted by molar-refractivity contribution is -0.141. The van der Waals surface area contributed by atoms with E-state index in [0.717, 1.165) is 13.0 Å². The Morgan fingerprint density at radius 1 is 1.50 bits per heavy atom. The Kier molecular flexibility index (Phi) is 5.36. The Balaban J connectivity index is 2.56. The van der Waals surface area contributed by atoms with Crippen molar-refractivity contribution in [2.24, 2.45) is 0 Å². The number of amides is 2. The van der Waals surface area contributed by atoms with E-state index in [1.165, 1.54) is 9.80 Å². The summed E-state index contributed by atoms with van der Waals surface area (Å²) < 4.78 is 0. The quantitative estimate of drug-likeness (QED) is 0.560. The average Bonchev–Trinajstić information content (AvgIpc) is 2.70. The maximum absolute atomic E-state index is 12.1. The van der Waals surface area contributed by atoms with Crippen LogP contribution in [-0.2, 0) is 4.79 Å². The minimum Gasteiger partial charge on any atom is -0.480 e. The van der Waals surface area contributed by atoms with Crippen molar-refractivity contribution in [2.75, 3.05) is 33.7 Å². The van der Waals surface area contributed by atoms with E-state index in [9.17, 15) is 14.7 Å². The third-order valence-electron chi connectivity index (χ3n) is 3.06. The smallest absolute Gasteiger partial charge is 0.326 e. The van der Waals surface area contributed by atoms with E-state index in [1.807, 2.05) is 7.05 Å². The van der Waals surface area contributed by atoms with Crippen molar-refractivity contribution < 1.29 is 19.8 Å². The number of hydrogen-bond acceptors (Lipinski definition) is 4. The number of hydrogen-bond donors (Lipinski definition) is 3. The van der Waals surface area contributed by atoms with Crippen LogP contribution >= 0.6 is 0 Å². The number of β-amino-alcohol motifs (C(OH)–C–C–N with tert-alkyl or cyclic N) is 1. The second-order valence-electron chi connectivity index (χ2n) is 4.56. The number of urea groups is 1. The summed E-state index contributed by atoms with van der Waals surface area (Å²) in [6, 6.07) is -1.26. The van der Waals surface area contributed by atoms with Crippen LogP contribution in [0.3, 0.4) is 0 Å². The van der Waals surface area contributed by atoms with E-state index in [-0.39, 0.29) is 19.0 Å². The fourth-order valence-corrected chi connectivity index (χ4v) is 2.07.